The number of nitrogens with one attached hydrogen (secondary N) is 5. The number of likely N-dealkylation sites (tertiary alicyclic amines) is 1. The number of carbonyl (C=O) groups is 6. The number of aliphatic carboxylic acids is 1. The molecule has 8 N–H and O–H groups in total. The molecular formula is C55H81BN8O10S. The van der Waals surface area contributed by atoms with E-state index >= 15 is 0 Å². The van der Waals surface area contributed by atoms with Crippen molar-refractivity contribution < 1.29 is 47.0 Å². The maximum absolute atomic E-state index is 13.9. The van der Waals surface area contributed by atoms with Crippen LogP contribution < -0.4 is 36.5 Å². The van der Waals surface area contributed by atoms with E-state index in [0.717, 1.165) is 53.8 Å². The quantitative estimate of drug-likeness (QED) is 0.0335. The van der Waals surface area contributed by atoms with E-state index in [4.69, 9.17) is 15.6 Å². The Morgan fingerprint density at radius 3 is 2.31 bits per heavy atom. The number of amides is 5. The minimum atomic E-state index is -4.13. The van der Waals surface area contributed by atoms with Crippen LogP contribution in [0.4, 0.5) is 0 Å². The third-order valence-electron chi connectivity index (χ3n) is 17.7. The highest BCUT2D eigenvalue weighted by molar-refractivity contribution is 7.90. The van der Waals surface area contributed by atoms with Crippen LogP contribution in [0.5, 0.6) is 5.75 Å². The first-order chi connectivity index (χ1) is 35.2. The van der Waals surface area contributed by atoms with Crippen molar-refractivity contribution in [3.8, 4) is 5.75 Å². The zero-order valence-corrected chi connectivity index (χ0v) is 46.4. The van der Waals surface area contributed by atoms with Crippen LogP contribution in [0.1, 0.15) is 150 Å². The van der Waals surface area contributed by atoms with Crippen molar-refractivity contribution in [2.75, 3.05) is 19.6 Å². The second kappa shape index (κ2) is 22.9. The number of unbranched alkanes of at least 4 members (excludes halogenated alkanes) is 1. The molecule has 18 nitrogen and oxygen atoms in total. The van der Waals surface area contributed by atoms with Gasteiger partial charge in [0.05, 0.1) is 11.3 Å². The van der Waals surface area contributed by atoms with Gasteiger partial charge in [0.2, 0.25) is 29.6 Å². The van der Waals surface area contributed by atoms with Gasteiger partial charge in [-0.15, -0.1) is 0 Å². The number of benzene rings is 2. The number of ether oxygens (including phenoxy) is 1. The van der Waals surface area contributed by atoms with E-state index < -0.39 is 51.9 Å². The van der Waals surface area contributed by atoms with Crippen molar-refractivity contribution in [1.29, 1.82) is 0 Å². The van der Waals surface area contributed by atoms with Crippen LogP contribution in [-0.2, 0) is 47.0 Å². The number of carbonyl (C=O) groups excluding carboxylic acids is 5. The smallest absolute Gasteiger partial charge is 0.303 e. The molecule has 2 bridgehead atoms. The van der Waals surface area contributed by atoms with E-state index in [0.29, 0.717) is 59.2 Å². The predicted octanol–water partition coefficient (Wildman–Crippen LogP) is 5.50. The second-order valence-electron chi connectivity index (χ2n) is 23.7. The van der Waals surface area contributed by atoms with E-state index in [9.17, 15) is 37.2 Å². The first-order valence-electron chi connectivity index (χ1n) is 27.1. The van der Waals surface area contributed by atoms with Gasteiger partial charge in [-0.2, -0.15) is 0 Å². The number of hydrogen-bond donors (Lipinski definition) is 7. The second-order valence-corrected chi connectivity index (χ2v) is 25.3. The molecule has 3 aliphatic carbocycles. The molecule has 1 unspecified atom stereocenters. The largest absolute Gasteiger partial charge is 0.487 e. The monoisotopic (exact) mass is 1060 g/mol. The Labute approximate surface area is 443 Å². The number of carboxylic acid groups (broad SMARTS) is 1. The predicted molar refractivity (Wildman–Crippen MR) is 288 cm³/mol. The fourth-order valence-corrected chi connectivity index (χ4v) is 15.0. The van der Waals surface area contributed by atoms with Crippen molar-refractivity contribution in [3.63, 3.8) is 0 Å². The van der Waals surface area contributed by atoms with Crippen LogP contribution in [0.2, 0.25) is 12.6 Å². The Morgan fingerprint density at radius 1 is 0.893 bits per heavy atom. The minimum Gasteiger partial charge on any atom is -0.487 e. The zero-order chi connectivity index (χ0) is 54.8. The molecule has 75 heavy (non-hydrogen) atoms. The first-order valence-corrected chi connectivity index (χ1v) is 28.6. The number of guanidine groups is 1. The third-order valence-corrected chi connectivity index (χ3v) is 19.3. The van der Waals surface area contributed by atoms with Crippen molar-refractivity contribution in [2.45, 2.75) is 187 Å². The van der Waals surface area contributed by atoms with Crippen molar-refractivity contribution in [1.82, 2.24) is 30.9 Å². The van der Waals surface area contributed by atoms with Crippen LogP contribution in [0.3, 0.4) is 0 Å². The fraction of sp³-hybridized carbons (Fsp3) is 0.655. The average molecular weight is 1060 g/mol. The summed E-state index contributed by atoms with van der Waals surface area (Å²) in [5, 5.41) is 20.3. The van der Waals surface area contributed by atoms with Crippen molar-refractivity contribution in [3.05, 3.63) is 57.6 Å². The van der Waals surface area contributed by atoms with E-state index in [-0.39, 0.29) is 79.8 Å². The molecule has 8 rings (SSSR count). The lowest BCUT2D eigenvalue weighted by Gasteiger charge is -2.66. The van der Waals surface area contributed by atoms with E-state index in [1.807, 2.05) is 20.8 Å². The molecular weight excluding hydrogens is 976 g/mol. The molecule has 5 fully saturated rings. The number of nitrogens with two attached hydrogens (primary N) is 1. The normalized spacial score (nSPS) is 23.9. The Morgan fingerprint density at radius 2 is 1.61 bits per heavy atom. The van der Waals surface area contributed by atoms with E-state index in [1.165, 1.54) is 25.5 Å². The van der Waals surface area contributed by atoms with Gasteiger partial charge in [-0.05, 0) is 156 Å². The Hall–Kier alpha value is -5.66. The molecule has 3 heterocycles. The number of aliphatic imine (C=N–C) groups is 1. The Bertz CT molecular complexity index is 2680. The van der Waals surface area contributed by atoms with Crippen molar-refractivity contribution in [2.24, 2.45) is 39.3 Å². The summed E-state index contributed by atoms with van der Waals surface area (Å²) < 4.78 is 35.7. The Balaban J connectivity index is 0.809. The fourth-order valence-electron chi connectivity index (χ4n) is 13.5. The SMILES string of the molecule is Cc1c(C)c(S(=O)(=O)NC(N)=NCCC[C@H](NC(=O)CCC(=O)O)C(=O)NCCCCC(=O)NCc2ccc(C(=O)N[C@H](C)C(=O)N3CCC[C@H]3B3CC4C[C@@H]5C[C@@H](C5(C)C)[C@]4(C)C3)cc2)c(C)c2c1OC(C)(C)C2. The molecule has 0 spiro atoms. The van der Waals surface area contributed by atoms with Gasteiger partial charge >= 0.3 is 5.97 Å². The summed E-state index contributed by atoms with van der Waals surface area (Å²) in [5.74, 6) is 0.109. The third kappa shape index (κ3) is 12.8. The highest BCUT2D eigenvalue weighted by Crippen LogP contribution is 2.72. The molecule has 5 amide bonds. The molecule has 20 heteroatoms. The summed E-state index contributed by atoms with van der Waals surface area (Å²) in [4.78, 5) is 83.2. The van der Waals surface area contributed by atoms with E-state index in [1.54, 1.807) is 45.0 Å². The number of nitrogens with zero attached hydrogens (tertiary/aromatic N) is 2. The topological polar surface area (TPSA) is 268 Å². The molecule has 2 aromatic rings. The van der Waals surface area contributed by atoms with Crippen LogP contribution in [0.25, 0.3) is 0 Å². The van der Waals surface area contributed by atoms with Gasteiger partial charge in [0.1, 0.15) is 23.4 Å². The average Bonchev–Trinajstić information content (AvgIpc) is 4.07. The van der Waals surface area contributed by atoms with Gasteiger partial charge in [0, 0.05) is 62.5 Å². The lowest BCUT2D eigenvalue weighted by atomic mass is 9.37. The van der Waals surface area contributed by atoms with E-state index in [2.05, 4.69) is 56.7 Å². The number of sulfonamides is 1. The van der Waals surface area contributed by atoms with Gasteiger partial charge in [-0.25, -0.2) is 13.1 Å². The number of fused-ring (bicyclic) bond motifs is 1. The molecule has 3 saturated carbocycles. The first kappa shape index (κ1) is 57.1. The molecule has 2 saturated heterocycles. The summed E-state index contributed by atoms with van der Waals surface area (Å²) in [6.45, 7) is 20.1. The van der Waals surface area contributed by atoms with Gasteiger partial charge in [-0.3, -0.25) is 33.8 Å². The van der Waals surface area contributed by atoms with Crippen LogP contribution in [0, 0.1) is 49.4 Å². The van der Waals surface area contributed by atoms with Crippen molar-refractivity contribution >= 4 is 58.2 Å². The van der Waals surface area contributed by atoms with Crippen LogP contribution in [0.15, 0.2) is 34.2 Å². The summed E-state index contributed by atoms with van der Waals surface area (Å²) >= 11 is 0. The number of carboxylic acids is 1. The maximum Gasteiger partial charge on any atom is 0.303 e. The lowest BCUT2D eigenvalue weighted by Crippen LogP contribution is -2.59. The van der Waals surface area contributed by atoms with Gasteiger partial charge < -0.3 is 41.7 Å². The summed E-state index contributed by atoms with van der Waals surface area (Å²) in [6.07, 6.45) is 8.30. The molecule has 6 aliphatic rings. The van der Waals surface area contributed by atoms with Crippen LogP contribution in [-0.4, -0.2) is 110 Å². The standard InChI is InChI=1S/C55H81BN8O10S/c1-32-33(2)48(34(3)40-28-53(5,6)74-47(32)40)75(72,73)63-52(57)59-24-12-14-41(62-45(66)21-22-46(67)68)50(70)58-23-11-10-16-44(65)60-30-36-17-19-37(20-18-36)49(69)61-35(4)51(71)64-25-13-15-43(64)56-29-39-26-38-27-42(54(38,7)8)55(39,9)31-56/h17-20,35,38-39,41-43H,10-16,21-31H2,1-9H3,(H,58,70)(H,60,65)(H,61,69)(H,62,66)(H,67,68)(H3,57,59,63)/t35-,38-,39?,41+,42+,43+,55-/m1/s1. The molecule has 7 atom stereocenters. The number of rotatable bonds is 22. The summed E-state index contributed by atoms with van der Waals surface area (Å²) in [7, 11) is -4.13. The van der Waals surface area contributed by atoms with Gasteiger partial charge in [-0.1, -0.05) is 45.5 Å². The molecule has 410 valence electrons. The number of hydrogen-bond acceptors (Lipinski definition) is 10. The van der Waals surface area contributed by atoms with Gasteiger partial charge in [0.25, 0.3) is 15.9 Å². The molecule has 0 aromatic heterocycles. The lowest BCUT2D eigenvalue weighted by molar-refractivity contribution is -0.165. The van der Waals surface area contributed by atoms with Crippen LogP contribution >= 0.6 is 0 Å². The zero-order valence-electron chi connectivity index (χ0n) is 45.6. The highest BCUT2D eigenvalue weighted by Gasteiger charge is 2.66. The summed E-state index contributed by atoms with van der Waals surface area (Å²) in [5.41, 5.74) is 10.2. The summed E-state index contributed by atoms with van der Waals surface area (Å²) in [6, 6.07) is 5.23. The maximum atomic E-state index is 13.9. The minimum absolute atomic E-state index is 0.0145. The highest BCUT2D eigenvalue weighted by atomic mass is 32.2. The molecule has 3 aliphatic heterocycles. The molecule has 0 radical (unpaired) electrons. The molecule has 2 aromatic carbocycles. The van der Waals surface area contributed by atoms with Gasteiger partial charge in [0.15, 0.2) is 6.71 Å². The Kier molecular flexibility index (Phi) is 17.4.